The summed E-state index contributed by atoms with van der Waals surface area (Å²) in [4.78, 5) is 8.88. The van der Waals surface area contributed by atoms with Crippen LogP contribution in [0.25, 0.3) is 11.1 Å². The molecule has 0 heterocycles. The molecular formula is C17H13F8O5P. The van der Waals surface area contributed by atoms with Crippen molar-refractivity contribution in [3.05, 3.63) is 58.2 Å². The Labute approximate surface area is 169 Å². The monoisotopic (exact) mass is 480 g/mol. The van der Waals surface area contributed by atoms with Gasteiger partial charge in [-0.05, 0) is 19.9 Å². The van der Waals surface area contributed by atoms with E-state index in [9.17, 15) is 39.7 Å². The van der Waals surface area contributed by atoms with Gasteiger partial charge in [-0.2, -0.15) is 0 Å². The molecular weight excluding hydrogens is 467 g/mol. The first-order chi connectivity index (χ1) is 14.5. The molecule has 0 radical (unpaired) electrons. The summed E-state index contributed by atoms with van der Waals surface area (Å²) in [6, 6.07) is 0.198. The number of halogens is 8. The SMILES string of the molecule is CCOOP(=O)(Cc1cc(-c2c(F)c(F)c(F)c(F)c2F)c(F)c(F)c1F)OOCC. The van der Waals surface area contributed by atoms with Gasteiger partial charge in [-0.3, -0.25) is 4.57 Å². The number of benzene rings is 2. The molecule has 2 rings (SSSR count). The van der Waals surface area contributed by atoms with Crippen LogP contribution in [-0.2, 0) is 29.9 Å². The molecule has 0 amide bonds. The maximum atomic E-state index is 14.2. The van der Waals surface area contributed by atoms with E-state index in [-0.39, 0.29) is 19.3 Å². The lowest BCUT2D eigenvalue weighted by Gasteiger charge is -2.17. The summed E-state index contributed by atoms with van der Waals surface area (Å²) in [6.45, 7) is 2.42. The molecule has 0 aliphatic carbocycles. The first-order valence-electron chi connectivity index (χ1n) is 8.38. The Balaban J connectivity index is 2.69. The third-order valence-electron chi connectivity index (χ3n) is 3.63. The third-order valence-corrected chi connectivity index (χ3v) is 5.03. The Morgan fingerprint density at radius 3 is 1.55 bits per heavy atom. The molecule has 31 heavy (non-hydrogen) atoms. The molecule has 14 heteroatoms. The second kappa shape index (κ2) is 10.0. The quantitative estimate of drug-likeness (QED) is 0.109. The smallest absolute Gasteiger partial charge is 0.255 e. The highest BCUT2D eigenvalue weighted by molar-refractivity contribution is 7.52. The summed E-state index contributed by atoms with van der Waals surface area (Å²) in [5, 5.41) is 0. The van der Waals surface area contributed by atoms with Crippen LogP contribution in [0.5, 0.6) is 0 Å². The normalized spacial score (nSPS) is 11.9. The first-order valence-corrected chi connectivity index (χ1v) is 10.1. The van der Waals surface area contributed by atoms with Gasteiger partial charge >= 0.3 is 7.60 Å². The lowest BCUT2D eigenvalue weighted by atomic mass is 10.00. The molecule has 2 aromatic carbocycles. The van der Waals surface area contributed by atoms with Crippen LogP contribution in [0.15, 0.2) is 6.07 Å². The molecule has 0 aliphatic heterocycles. The molecule has 0 aliphatic rings. The van der Waals surface area contributed by atoms with Gasteiger partial charge in [0, 0.05) is 11.1 Å². The summed E-state index contributed by atoms with van der Waals surface area (Å²) in [5.74, 6) is -19.0. The van der Waals surface area contributed by atoms with E-state index in [0.717, 1.165) is 0 Å². The van der Waals surface area contributed by atoms with Crippen molar-refractivity contribution in [1.29, 1.82) is 0 Å². The largest absolute Gasteiger partial charge is 0.388 e. The fourth-order valence-corrected chi connectivity index (χ4v) is 3.64. The molecule has 0 unspecified atom stereocenters. The van der Waals surface area contributed by atoms with E-state index in [1.54, 1.807) is 0 Å². The van der Waals surface area contributed by atoms with Crippen LogP contribution in [0.1, 0.15) is 19.4 Å². The zero-order valence-electron chi connectivity index (χ0n) is 15.7. The fourth-order valence-electron chi connectivity index (χ4n) is 2.33. The zero-order valence-corrected chi connectivity index (χ0v) is 16.6. The van der Waals surface area contributed by atoms with Crippen molar-refractivity contribution in [2.75, 3.05) is 13.2 Å². The van der Waals surface area contributed by atoms with Crippen molar-refractivity contribution in [1.82, 2.24) is 0 Å². The van der Waals surface area contributed by atoms with Gasteiger partial charge in [-0.1, -0.05) is 0 Å². The maximum absolute atomic E-state index is 14.2. The molecule has 0 saturated carbocycles. The van der Waals surface area contributed by atoms with Crippen molar-refractivity contribution in [3.63, 3.8) is 0 Å². The van der Waals surface area contributed by atoms with Crippen LogP contribution in [0.4, 0.5) is 35.1 Å². The minimum absolute atomic E-state index is 0.185. The highest BCUT2D eigenvalue weighted by atomic mass is 31.2. The molecule has 0 spiro atoms. The molecule has 0 N–H and O–H groups in total. The van der Waals surface area contributed by atoms with Crippen LogP contribution in [0.2, 0.25) is 0 Å². The van der Waals surface area contributed by atoms with Gasteiger partial charge in [0.2, 0.25) is 5.82 Å². The topological polar surface area (TPSA) is 54.0 Å². The Bertz CT molecular complexity index is 992. The highest BCUT2D eigenvalue weighted by Crippen LogP contribution is 2.53. The van der Waals surface area contributed by atoms with Crippen LogP contribution in [-0.4, -0.2) is 13.2 Å². The average molecular weight is 480 g/mol. The zero-order chi connectivity index (χ0) is 23.5. The number of hydrogen-bond donors (Lipinski definition) is 0. The predicted octanol–water partition coefficient (Wildman–Crippen LogP) is 6.10. The standard InChI is InChI=1S/C17H13F8O5P/c1-3-27-29-31(26,30-28-4-2)6-7-5-8(11(19)14(22)10(7)18)9-12(20)15(23)17(25)16(24)13(9)21/h5H,3-4,6H2,1-2H3. The molecule has 0 aromatic heterocycles. The summed E-state index contributed by atoms with van der Waals surface area (Å²) in [6.07, 6.45) is -1.22. The van der Waals surface area contributed by atoms with Crippen molar-refractivity contribution < 1.29 is 58.8 Å². The van der Waals surface area contributed by atoms with Gasteiger partial charge in [0.1, 0.15) is 0 Å². The van der Waals surface area contributed by atoms with Gasteiger partial charge in [-0.25, -0.2) is 44.9 Å². The maximum Gasteiger partial charge on any atom is 0.388 e. The van der Waals surface area contributed by atoms with E-state index in [4.69, 9.17) is 0 Å². The second-order valence-electron chi connectivity index (χ2n) is 5.70. The molecule has 0 bridgehead atoms. The lowest BCUT2D eigenvalue weighted by molar-refractivity contribution is -0.263. The Morgan fingerprint density at radius 2 is 1.10 bits per heavy atom. The van der Waals surface area contributed by atoms with Gasteiger partial charge in [-0.15, -0.1) is 9.35 Å². The molecule has 172 valence electrons. The van der Waals surface area contributed by atoms with Crippen LogP contribution >= 0.6 is 7.60 Å². The summed E-state index contributed by atoms with van der Waals surface area (Å²) >= 11 is 0. The predicted molar refractivity (Wildman–Crippen MR) is 88.3 cm³/mol. The van der Waals surface area contributed by atoms with Crippen molar-refractivity contribution in [2.24, 2.45) is 0 Å². The molecule has 0 atom stereocenters. The fraction of sp³-hybridized carbons (Fsp3) is 0.294. The summed E-state index contributed by atoms with van der Waals surface area (Å²) < 4.78 is 132. The average Bonchev–Trinajstić information content (AvgIpc) is 2.75. The van der Waals surface area contributed by atoms with Gasteiger partial charge in [0.25, 0.3) is 0 Å². The van der Waals surface area contributed by atoms with E-state index in [0.29, 0.717) is 0 Å². The minimum Gasteiger partial charge on any atom is -0.255 e. The van der Waals surface area contributed by atoms with E-state index in [1.165, 1.54) is 13.8 Å². The second-order valence-corrected chi connectivity index (χ2v) is 7.54. The van der Waals surface area contributed by atoms with Crippen LogP contribution in [0.3, 0.4) is 0 Å². The molecule has 5 nitrogen and oxygen atoms in total. The molecule has 0 saturated heterocycles. The van der Waals surface area contributed by atoms with Crippen molar-refractivity contribution in [3.8, 4) is 11.1 Å². The third kappa shape index (κ3) is 5.07. The number of hydrogen-bond acceptors (Lipinski definition) is 5. The molecule has 2 aromatic rings. The van der Waals surface area contributed by atoms with E-state index in [2.05, 4.69) is 19.1 Å². The van der Waals surface area contributed by atoms with Gasteiger partial charge < -0.3 is 0 Å². The van der Waals surface area contributed by atoms with E-state index in [1.807, 2.05) is 0 Å². The Hall–Kier alpha value is -2.05. The van der Waals surface area contributed by atoms with Gasteiger partial charge in [0.05, 0.1) is 24.9 Å². The van der Waals surface area contributed by atoms with Gasteiger partial charge in [0.15, 0.2) is 40.7 Å². The summed E-state index contributed by atoms with van der Waals surface area (Å²) in [5.41, 5.74) is -4.44. The minimum atomic E-state index is -4.57. The highest BCUT2D eigenvalue weighted by Gasteiger charge is 2.34. The Morgan fingerprint density at radius 1 is 0.677 bits per heavy atom. The van der Waals surface area contributed by atoms with Crippen molar-refractivity contribution >= 4 is 7.60 Å². The lowest BCUT2D eigenvalue weighted by Crippen LogP contribution is -2.09. The molecule has 0 fully saturated rings. The Kier molecular flexibility index (Phi) is 8.17. The van der Waals surface area contributed by atoms with Crippen LogP contribution in [0, 0.1) is 46.5 Å². The summed E-state index contributed by atoms with van der Waals surface area (Å²) in [7, 11) is -4.57. The number of rotatable bonds is 9. The first kappa shape index (κ1) is 25.2. The van der Waals surface area contributed by atoms with Crippen LogP contribution < -0.4 is 0 Å². The van der Waals surface area contributed by atoms with Crippen molar-refractivity contribution in [2.45, 2.75) is 20.0 Å². The van der Waals surface area contributed by atoms with E-state index < -0.39 is 77.0 Å². The van der Waals surface area contributed by atoms with E-state index >= 15 is 0 Å².